The van der Waals surface area contributed by atoms with Gasteiger partial charge in [0.05, 0.1) is 5.25 Å². The van der Waals surface area contributed by atoms with Gasteiger partial charge in [-0.3, -0.25) is 0 Å². The Balaban J connectivity index is 1.59. The van der Waals surface area contributed by atoms with Crippen LogP contribution in [0.15, 0.2) is 38.0 Å². The van der Waals surface area contributed by atoms with Gasteiger partial charge in [0.1, 0.15) is 0 Å². The third-order valence-electron chi connectivity index (χ3n) is 3.16. The molecule has 0 radical (unpaired) electrons. The topological polar surface area (TPSA) is 76.7 Å². The minimum Gasteiger partial charge on any atom is -0.338 e. The zero-order chi connectivity index (χ0) is 18.5. The molecular weight excluding hydrogens is 400 g/mol. The fourth-order valence-electron chi connectivity index (χ4n) is 1.93. The highest BCUT2D eigenvalue weighted by molar-refractivity contribution is 8.01. The van der Waals surface area contributed by atoms with Crippen molar-refractivity contribution in [2.45, 2.75) is 40.5 Å². The zero-order valence-corrected chi connectivity index (χ0v) is 16.3. The van der Waals surface area contributed by atoms with Gasteiger partial charge in [0.15, 0.2) is 10.2 Å². The summed E-state index contributed by atoms with van der Waals surface area (Å²) in [5.41, 5.74) is 0.758. The molecule has 1 atom stereocenters. The van der Waals surface area contributed by atoms with Crippen molar-refractivity contribution in [2.24, 2.45) is 0 Å². The summed E-state index contributed by atoms with van der Waals surface area (Å²) in [7, 11) is 0. The molecular formula is C15H15F2N5OS3. The summed E-state index contributed by atoms with van der Waals surface area (Å²) in [5, 5.41) is 15.8. The number of rotatable bonds is 8. The van der Waals surface area contributed by atoms with Crippen LogP contribution in [0.2, 0.25) is 0 Å². The van der Waals surface area contributed by atoms with Crippen LogP contribution in [0.3, 0.4) is 0 Å². The van der Waals surface area contributed by atoms with Crippen molar-refractivity contribution < 1.29 is 13.3 Å². The third kappa shape index (κ3) is 5.15. The molecule has 3 aromatic rings. The van der Waals surface area contributed by atoms with Crippen LogP contribution in [-0.4, -0.2) is 26.1 Å². The highest BCUT2D eigenvalue weighted by Gasteiger charge is 2.17. The van der Waals surface area contributed by atoms with E-state index in [1.165, 1.54) is 23.1 Å². The van der Waals surface area contributed by atoms with E-state index >= 15 is 0 Å². The number of aryl methyl sites for hydroxylation is 1. The number of alkyl halides is 2. The van der Waals surface area contributed by atoms with Crippen molar-refractivity contribution in [2.75, 3.05) is 5.32 Å². The van der Waals surface area contributed by atoms with Crippen molar-refractivity contribution in [3.05, 3.63) is 36.0 Å². The Morgan fingerprint density at radius 1 is 1.19 bits per heavy atom. The first kappa shape index (κ1) is 19.1. The van der Waals surface area contributed by atoms with Crippen LogP contribution >= 0.6 is 34.9 Å². The average Bonchev–Trinajstić information content (AvgIpc) is 3.25. The Bertz CT molecular complexity index is 840. The number of nitrogens with one attached hydrogen (secondary N) is 1. The number of thioether (sulfide) groups is 2. The number of hydrogen-bond donors (Lipinski definition) is 1. The van der Waals surface area contributed by atoms with E-state index in [-0.39, 0.29) is 5.25 Å². The van der Waals surface area contributed by atoms with E-state index in [1.807, 2.05) is 13.8 Å². The number of nitrogens with zero attached hydrogens (tertiary/aromatic N) is 4. The van der Waals surface area contributed by atoms with E-state index in [9.17, 15) is 8.78 Å². The molecule has 1 aromatic carbocycles. The molecule has 0 spiro atoms. The minimum absolute atomic E-state index is 0.0331. The van der Waals surface area contributed by atoms with Gasteiger partial charge in [-0.1, -0.05) is 46.9 Å². The highest BCUT2D eigenvalue weighted by atomic mass is 32.2. The van der Waals surface area contributed by atoms with Crippen molar-refractivity contribution >= 4 is 45.7 Å². The van der Waals surface area contributed by atoms with E-state index in [4.69, 9.17) is 4.52 Å². The molecule has 0 aliphatic heterocycles. The smallest absolute Gasteiger partial charge is 0.288 e. The standard InChI is InChI=1S/C15H15F2N5OS3/c1-3-11-19-12(23-22-11)8(2)24-15-21-20-14(26-15)18-9-4-6-10(7-5-9)25-13(16)17/h4-8,13H,3H2,1-2H3,(H,18,20). The summed E-state index contributed by atoms with van der Waals surface area (Å²) >= 11 is 3.39. The summed E-state index contributed by atoms with van der Waals surface area (Å²) in [4.78, 5) is 4.83. The molecule has 11 heteroatoms. The Morgan fingerprint density at radius 3 is 2.62 bits per heavy atom. The first-order valence-electron chi connectivity index (χ1n) is 7.68. The maximum absolute atomic E-state index is 12.3. The Morgan fingerprint density at radius 2 is 1.96 bits per heavy atom. The van der Waals surface area contributed by atoms with E-state index in [0.29, 0.717) is 33.5 Å². The second-order valence-corrected chi connectivity index (χ2v) is 8.69. The van der Waals surface area contributed by atoms with Gasteiger partial charge < -0.3 is 9.84 Å². The molecule has 0 aliphatic rings. The molecule has 0 amide bonds. The van der Waals surface area contributed by atoms with Crippen LogP contribution in [0.1, 0.15) is 30.8 Å². The number of benzene rings is 1. The maximum Gasteiger partial charge on any atom is 0.288 e. The first-order valence-corrected chi connectivity index (χ1v) is 10.3. The van der Waals surface area contributed by atoms with Crippen molar-refractivity contribution in [3.8, 4) is 0 Å². The molecule has 2 aromatic heterocycles. The number of anilines is 2. The Labute approximate surface area is 161 Å². The summed E-state index contributed by atoms with van der Waals surface area (Å²) in [5.74, 6) is -1.19. The van der Waals surface area contributed by atoms with Gasteiger partial charge in [-0.05, 0) is 31.2 Å². The number of aromatic nitrogens is 4. The Kier molecular flexibility index (Phi) is 6.43. The predicted octanol–water partition coefficient (Wildman–Crippen LogP) is 5.40. The summed E-state index contributed by atoms with van der Waals surface area (Å²) in [6, 6.07) is 6.73. The normalized spacial score (nSPS) is 12.5. The van der Waals surface area contributed by atoms with E-state index in [1.54, 1.807) is 24.3 Å². The van der Waals surface area contributed by atoms with Crippen LogP contribution in [0, 0.1) is 0 Å². The van der Waals surface area contributed by atoms with Crippen LogP contribution in [0.25, 0.3) is 0 Å². The molecule has 2 heterocycles. The molecule has 0 aliphatic carbocycles. The molecule has 26 heavy (non-hydrogen) atoms. The lowest BCUT2D eigenvalue weighted by molar-refractivity contribution is 0.252. The molecule has 0 saturated heterocycles. The number of halogens is 2. The Hall–Kier alpha value is -1.72. The van der Waals surface area contributed by atoms with Crippen LogP contribution in [0.5, 0.6) is 0 Å². The average molecular weight is 416 g/mol. The molecule has 1 unspecified atom stereocenters. The fourth-order valence-corrected chi connectivity index (χ4v) is 4.37. The van der Waals surface area contributed by atoms with Crippen molar-refractivity contribution in [3.63, 3.8) is 0 Å². The molecule has 138 valence electrons. The largest absolute Gasteiger partial charge is 0.338 e. The van der Waals surface area contributed by atoms with E-state index in [0.717, 1.165) is 16.4 Å². The summed E-state index contributed by atoms with van der Waals surface area (Å²) in [6.45, 7) is 3.93. The predicted molar refractivity (Wildman–Crippen MR) is 99.4 cm³/mol. The summed E-state index contributed by atoms with van der Waals surface area (Å²) < 4.78 is 30.7. The van der Waals surface area contributed by atoms with E-state index < -0.39 is 5.76 Å². The van der Waals surface area contributed by atoms with Gasteiger partial charge in [0.2, 0.25) is 11.0 Å². The zero-order valence-electron chi connectivity index (χ0n) is 13.8. The molecule has 0 bridgehead atoms. The SMILES string of the molecule is CCc1noc(C(C)Sc2nnc(Nc3ccc(SC(F)F)cc3)s2)n1. The van der Waals surface area contributed by atoms with Gasteiger partial charge in [-0.15, -0.1) is 10.2 Å². The molecule has 0 fully saturated rings. The van der Waals surface area contributed by atoms with Crippen LogP contribution in [0.4, 0.5) is 19.6 Å². The van der Waals surface area contributed by atoms with E-state index in [2.05, 4.69) is 25.7 Å². The molecule has 0 saturated carbocycles. The van der Waals surface area contributed by atoms with Crippen LogP contribution in [-0.2, 0) is 6.42 Å². The second kappa shape index (κ2) is 8.78. The lowest BCUT2D eigenvalue weighted by Crippen LogP contribution is -1.89. The summed E-state index contributed by atoms with van der Waals surface area (Å²) in [6.07, 6.45) is 0.725. The quantitative estimate of drug-likeness (QED) is 0.490. The van der Waals surface area contributed by atoms with Gasteiger partial charge in [0, 0.05) is 17.0 Å². The minimum atomic E-state index is -2.43. The molecule has 6 nitrogen and oxygen atoms in total. The second-order valence-electron chi connectivity index (χ2n) is 5.06. The fraction of sp³-hybridized carbons (Fsp3) is 0.333. The van der Waals surface area contributed by atoms with Crippen LogP contribution < -0.4 is 5.32 Å². The number of hydrogen-bond acceptors (Lipinski definition) is 9. The lowest BCUT2D eigenvalue weighted by Gasteiger charge is -2.04. The monoisotopic (exact) mass is 415 g/mol. The van der Waals surface area contributed by atoms with Gasteiger partial charge in [-0.25, -0.2) is 0 Å². The highest BCUT2D eigenvalue weighted by Crippen LogP contribution is 2.37. The maximum atomic E-state index is 12.3. The van der Waals surface area contributed by atoms with Crippen molar-refractivity contribution in [1.82, 2.24) is 20.3 Å². The lowest BCUT2D eigenvalue weighted by atomic mass is 10.3. The van der Waals surface area contributed by atoms with Gasteiger partial charge in [0.25, 0.3) is 5.76 Å². The van der Waals surface area contributed by atoms with Gasteiger partial charge in [-0.2, -0.15) is 13.8 Å². The first-order chi connectivity index (χ1) is 12.5. The van der Waals surface area contributed by atoms with Gasteiger partial charge >= 0.3 is 0 Å². The third-order valence-corrected chi connectivity index (χ3v) is 5.90. The molecule has 1 N–H and O–H groups in total. The van der Waals surface area contributed by atoms with Crippen molar-refractivity contribution in [1.29, 1.82) is 0 Å². The molecule has 3 rings (SSSR count).